The van der Waals surface area contributed by atoms with Crippen LogP contribution in [0.4, 0.5) is 0 Å². The van der Waals surface area contributed by atoms with Gasteiger partial charge in [0.05, 0.1) is 6.04 Å². The molecule has 2 aliphatic heterocycles. The molecule has 0 bridgehead atoms. The Morgan fingerprint density at radius 2 is 1.67 bits per heavy atom. The van der Waals surface area contributed by atoms with Gasteiger partial charge in [0, 0.05) is 52.2 Å². The Balaban J connectivity index is 2.11. The molecule has 2 atom stereocenters. The molecule has 0 radical (unpaired) electrons. The van der Waals surface area contributed by atoms with Crippen molar-refractivity contribution in [3.05, 3.63) is 0 Å². The Labute approximate surface area is 182 Å². The topological polar surface area (TPSA) is 71.1 Å². The number of carbonyl (C=O) groups excluding carboxylic acids is 2. The van der Waals surface area contributed by atoms with Gasteiger partial charge in [-0.15, -0.1) is 0 Å². The highest BCUT2D eigenvalue weighted by Gasteiger charge is 2.42. The number of hydrogen-bond donors (Lipinski definition) is 1. The van der Waals surface area contributed by atoms with E-state index in [1.807, 2.05) is 23.6 Å². The molecule has 30 heavy (non-hydrogen) atoms. The maximum atomic E-state index is 13.6. The smallest absolute Gasteiger partial charge is 0.245 e. The number of piperidine rings is 1. The fourth-order valence-electron chi connectivity index (χ4n) is 4.66. The number of hydrogen-bond acceptors (Lipinski definition) is 5. The van der Waals surface area contributed by atoms with Crippen molar-refractivity contribution in [2.75, 3.05) is 39.4 Å². The SMILES string of the molecule is CCOC1(OCC)CCN(C(=O)[C@H](CC(C)C)N2CCN[C@@H](CC(C)C)C2=O)CC1. The Kier molecular flexibility index (Phi) is 9.57. The van der Waals surface area contributed by atoms with E-state index in [4.69, 9.17) is 9.47 Å². The van der Waals surface area contributed by atoms with Crippen molar-refractivity contribution in [1.29, 1.82) is 0 Å². The molecule has 7 nitrogen and oxygen atoms in total. The second-order valence-electron chi connectivity index (χ2n) is 9.42. The van der Waals surface area contributed by atoms with Crippen molar-refractivity contribution in [2.45, 2.75) is 85.1 Å². The summed E-state index contributed by atoms with van der Waals surface area (Å²) in [5.74, 6) is 0.327. The van der Waals surface area contributed by atoms with Crippen LogP contribution in [0.3, 0.4) is 0 Å². The molecule has 1 N–H and O–H groups in total. The first kappa shape index (κ1) is 25.1. The standard InChI is InChI=1S/C23H43N3O4/c1-7-29-23(30-8-2)9-12-25(13-10-23)22(28)20(16-18(5)6)26-14-11-24-19(21(26)27)15-17(3)4/h17-20,24H,7-16H2,1-6H3/t19-,20-/m0/s1. The molecular formula is C23H43N3O4. The minimum atomic E-state index is -0.582. The highest BCUT2D eigenvalue weighted by atomic mass is 16.7. The van der Waals surface area contributed by atoms with Crippen molar-refractivity contribution in [3.63, 3.8) is 0 Å². The summed E-state index contributed by atoms with van der Waals surface area (Å²) >= 11 is 0. The van der Waals surface area contributed by atoms with Gasteiger partial charge >= 0.3 is 0 Å². The lowest BCUT2D eigenvalue weighted by Crippen LogP contribution is -2.62. The Hall–Kier alpha value is -1.18. The molecule has 2 amide bonds. The van der Waals surface area contributed by atoms with Crippen LogP contribution >= 0.6 is 0 Å². The highest BCUT2D eigenvalue weighted by molar-refractivity contribution is 5.90. The van der Waals surface area contributed by atoms with Crippen LogP contribution in [0.5, 0.6) is 0 Å². The quantitative estimate of drug-likeness (QED) is 0.545. The van der Waals surface area contributed by atoms with Gasteiger partial charge in [0.2, 0.25) is 11.8 Å². The fraction of sp³-hybridized carbons (Fsp3) is 0.913. The van der Waals surface area contributed by atoms with Crippen LogP contribution in [0.15, 0.2) is 0 Å². The van der Waals surface area contributed by atoms with Crippen LogP contribution in [0.1, 0.15) is 67.2 Å². The van der Waals surface area contributed by atoms with Gasteiger partial charge in [-0.05, 0) is 38.5 Å². The molecule has 2 heterocycles. The number of rotatable bonds is 10. The van der Waals surface area contributed by atoms with Crippen LogP contribution in [-0.4, -0.2) is 78.9 Å². The molecular weight excluding hydrogens is 382 g/mol. The van der Waals surface area contributed by atoms with E-state index >= 15 is 0 Å². The van der Waals surface area contributed by atoms with Crippen LogP contribution in [0.2, 0.25) is 0 Å². The molecule has 2 aliphatic rings. The average Bonchev–Trinajstić information content (AvgIpc) is 2.68. The third kappa shape index (κ3) is 6.41. The van der Waals surface area contributed by atoms with Gasteiger partial charge in [-0.2, -0.15) is 0 Å². The molecule has 174 valence electrons. The van der Waals surface area contributed by atoms with E-state index in [1.165, 1.54) is 0 Å². The summed E-state index contributed by atoms with van der Waals surface area (Å²) in [4.78, 5) is 30.5. The van der Waals surface area contributed by atoms with E-state index in [1.54, 1.807) is 0 Å². The summed E-state index contributed by atoms with van der Waals surface area (Å²) < 4.78 is 11.8. The van der Waals surface area contributed by atoms with Crippen molar-refractivity contribution in [2.24, 2.45) is 11.8 Å². The highest BCUT2D eigenvalue weighted by Crippen LogP contribution is 2.29. The van der Waals surface area contributed by atoms with E-state index in [0.29, 0.717) is 63.9 Å². The fourth-order valence-corrected chi connectivity index (χ4v) is 4.66. The average molecular weight is 426 g/mol. The zero-order valence-electron chi connectivity index (χ0n) is 19.9. The van der Waals surface area contributed by atoms with E-state index in [0.717, 1.165) is 13.0 Å². The Morgan fingerprint density at radius 3 is 2.17 bits per heavy atom. The number of amides is 2. The van der Waals surface area contributed by atoms with E-state index in [9.17, 15) is 9.59 Å². The zero-order valence-corrected chi connectivity index (χ0v) is 19.9. The number of ether oxygens (including phenoxy) is 2. The van der Waals surface area contributed by atoms with Crippen molar-refractivity contribution in [3.8, 4) is 0 Å². The maximum absolute atomic E-state index is 13.6. The van der Waals surface area contributed by atoms with Crippen LogP contribution in [0, 0.1) is 11.8 Å². The minimum Gasteiger partial charge on any atom is -0.350 e. The van der Waals surface area contributed by atoms with Crippen molar-refractivity contribution >= 4 is 11.8 Å². The summed E-state index contributed by atoms with van der Waals surface area (Å²) in [5, 5.41) is 3.35. The number of likely N-dealkylation sites (tertiary alicyclic amines) is 1. The van der Waals surface area contributed by atoms with E-state index < -0.39 is 5.79 Å². The van der Waals surface area contributed by atoms with Gasteiger partial charge in [0.25, 0.3) is 0 Å². The lowest BCUT2D eigenvalue weighted by atomic mass is 9.95. The molecule has 0 aromatic rings. The summed E-state index contributed by atoms with van der Waals surface area (Å²) in [5.41, 5.74) is 0. The van der Waals surface area contributed by atoms with Crippen LogP contribution < -0.4 is 5.32 Å². The molecule has 0 aromatic carbocycles. The molecule has 0 unspecified atom stereocenters. The van der Waals surface area contributed by atoms with E-state index in [2.05, 4.69) is 33.0 Å². The molecule has 2 saturated heterocycles. The number of nitrogens with zero attached hydrogens (tertiary/aromatic N) is 2. The van der Waals surface area contributed by atoms with Crippen LogP contribution in [-0.2, 0) is 19.1 Å². The normalized spacial score (nSPS) is 23.3. The van der Waals surface area contributed by atoms with Gasteiger partial charge in [0.1, 0.15) is 6.04 Å². The maximum Gasteiger partial charge on any atom is 0.245 e. The number of piperazine rings is 1. The molecule has 0 spiro atoms. The third-order valence-electron chi connectivity index (χ3n) is 6.04. The van der Waals surface area contributed by atoms with Gasteiger partial charge in [0.15, 0.2) is 5.79 Å². The molecule has 2 fully saturated rings. The largest absolute Gasteiger partial charge is 0.350 e. The monoisotopic (exact) mass is 425 g/mol. The van der Waals surface area contributed by atoms with Gasteiger partial charge in [-0.25, -0.2) is 0 Å². The van der Waals surface area contributed by atoms with Crippen molar-refractivity contribution < 1.29 is 19.1 Å². The molecule has 7 heteroatoms. The summed E-state index contributed by atoms with van der Waals surface area (Å²) in [7, 11) is 0. The van der Waals surface area contributed by atoms with Crippen molar-refractivity contribution in [1.82, 2.24) is 15.1 Å². The summed E-state index contributed by atoms with van der Waals surface area (Å²) in [6, 6.07) is -0.577. The number of carbonyl (C=O) groups is 2. The van der Waals surface area contributed by atoms with Gasteiger partial charge in [-0.1, -0.05) is 27.7 Å². The Bertz CT molecular complexity index is 551. The third-order valence-corrected chi connectivity index (χ3v) is 6.04. The second kappa shape index (κ2) is 11.4. The first-order valence-corrected chi connectivity index (χ1v) is 11.8. The summed E-state index contributed by atoms with van der Waals surface area (Å²) in [6.07, 6.45) is 2.82. The predicted octanol–water partition coefficient (Wildman–Crippen LogP) is 2.64. The molecule has 0 aromatic heterocycles. The van der Waals surface area contributed by atoms with E-state index in [-0.39, 0.29) is 23.9 Å². The summed E-state index contributed by atoms with van der Waals surface area (Å²) in [6.45, 7) is 16.1. The Morgan fingerprint density at radius 1 is 1.07 bits per heavy atom. The zero-order chi connectivity index (χ0) is 22.3. The second-order valence-corrected chi connectivity index (χ2v) is 9.42. The number of nitrogens with one attached hydrogen (secondary N) is 1. The minimum absolute atomic E-state index is 0.0730. The lowest BCUT2D eigenvalue weighted by Gasteiger charge is -2.44. The molecule has 0 aliphatic carbocycles. The molecule has 2 rings (SSSR count). The molecule has 0 saturated carbocycles. The first-order valence-electron chi connectivity index (χ1n) is 11.8. The van der Waals surface area contributed by atoms with Gasteiger partial charge in [-0.3, -0.25) is 9.59 Å². The lowest BCUT2D eigenvalue weighted by molar-refractivity contribution is -0.252. The van der Waals surface area contributed by atoms with Gasteiger partial charge < -0.3 is 24.6 Å². The first-order chi connectivity index (χ1) is 14.2. The predicted molar refractivity (Wildman–Crippen MR) is 118 cm³/mol. The van der Waals surface area contributed by atoms with Crippen LogP contribution in [0.25, 0.3) is 0 Å².